The van der Waals surface area contributed by atoms with E-state index in [1.165, 1.54) is 0 Å². The van der Waals surface area contributed by atoms with E-state index in [1.807, 2.05) is 52.0 Å². The molecule has 1 fully saturated rings. The van der Waals surface area contributed by atoms with Crippen LogP contribution in [0.25, 0.3) is 0 Å². The predicted molar refractivity (Wildman–Crippen MR) is 117 cm³/mol. The van der Waals surface area contributed by atoms with Gasteiger partial charge in [0, 0.05) is 12.5 Å². The van der Waals surface area contributed by atoms with Gasteiger partial charge in [-0.2, -0.15) is 0 Å². The van der Waals surface area contributed by atoms with Gasteiger partial charge in [-0.1, -0.05) is 24.3 Å². The van der Waals surface area contributed by atoms with Crippen molar-refractivity contribution < 1.29 is 27.7 Å². The number of primary amides is 1. The van der Waals surface area contributed by atoms with Crippen LogP contribution >= 0.6 is 0 Å². The molecule has 6 nitrogen and oxygen atoms in total. The van der Waals surface area contributed by atoms with E-state index in [1.54, 1.807) is 0 Å². The summed E-state index contributed by atoms with van der Waals surface area (Å²) in [6.07, 6.45) is -0.110. The number of nitrogens with one attached hydrogen (secondary N) is 1. The third-order valence-corrected chi connectivity index (χ3v) is 5.91. The Balaban J connectivity index is 1.63. The summed E-state index contributed by atoms with van der Waals surface area (Å²) in [6.45, 7) is 7.89. The lowest BCUT2D eigenvalue weighted by Gasteiger charge is -2.32. The number of carbonyl (C=O) groups is 2. The molecule has 32 heavy (non-hydrogen) atoms. The van der Waals surface area contributed by atoms with Crippen molar-refractivity contribution in [2.24, 2.45) is 5.73 Å². The number of hydrogen-bond acceptors (Lipinski definition) is 4. The molecule has 1 aliphatic rings. The summed E-state index contributed by atoms with van der Waals surface area (Å²) in [5.41, 5.74) is 6.30. The minimum absolute atomic E-state index is 0.162. The zero-order valence-electron chi connectivity index (χ0n) is 18.6. The fraction of sp³-hybridized carbons (Fsp3) is 0.391. The van der Waals surface area contributed by atoms with Crippen molar-refractivity contribution in [3.05, 3.63) is 65.2 Å². The summed E-state index contributed by atoms with van der Waals surface area (Å²) >= 11 is 0. The van der Waals surface area contributed by atoms with E-state index in [-0.39, 0.29) is 18.4 Å². The van der Waals surface area contributed by atoms with Crippen LogP contribution in [0, 0.1) is 11.6 Å². The van der Waals surface area contributed by atoms with Gasteiger partial charge in [-0.05, 0) is 56.4 Å². The van der Waals surface area contributed by atoms with Gasteiger partial charge in [0.2, 0.25) is 11.8 Å². The number of nitrogens with two attached hydrogens (primary N) is 1. The van der Waals surface area contributed by atoms with Crippen molar-refractivity contribution in [1.82, 2.24) is 5.32 Å². The third kappa shape index (κ3) is 5.52. The van der Waals surface area contributed by atoms with Crippen LogP contribution in [-0.2, 0) is 31.7 Å². The highest BCUT2D eigenvalue weighted by Crippen LogP contribution is 2.36. The maximum atomic E-state index is 13.3. The molecule has 170 valence electrons. The van der Waals surface area contributed by atoms with Crippen LogP contribution in [0.5, 0.6) is 0 Å². The number of carbonyl (C=O) groups excluding carboxylic acids is 2. The van der Waals surface area contributed by atoms with Gasteiger partial charge in [-0.15, -0.1) is 0 Å². The van der Waals surface area contributed by atoms with Crippen LogP contribution in [0.15, 0.2) is 42.5 Å². The molecular weight excluding hydrogens is 417 g/mol. The Hall–Kier alpha value is -2.78. The van der Waals surface area contributed by atoms with Crippen LogP contribution in [0.3, 0.4) is 0 Å². The molecule has 0 spiro atoms. The van der Waals surface area contributed by atoms with Crippen LogP contribution in [-0.4, -0.2) is 36.2 Å². The lowest BCUT2D eigenvalue weighted by molar-refractivity contribution is -0.127. The number of rotatable bonds is 7. The molecule has 3 N–H and O–H groups in total. The molecule has 1 aliphatic heterocycles. The summed E-state index contributed by atoms with van der Waals surface area (Å²) in [4.78, 5) is 24.2. The van der Waals surface area contributed by atoms with E-state index in [0.29, 0.717) is 0 Å². The van der Waals surface area contributed by atoms with Crippen molar-refractivity contribution in [3.63, 3.8) is 0 Å². The fourth-order valence-electron chi connectivity index (χ4n) is 3.39. The molecule has 0 unspecified atom stereocenters. The highest BCUT2D eigenvalue weighted by atomic mass is 19.1. The second-order valence-corrected chi connectivity index (χ2v) is 9.01. The SMILES string of the molecule is CC1(C)OB(c2ccc(C[C@H](NC(=O)Cc3cc(F)cc(F)c3)C(N)=O)cc2)OC1(C)C. The Morgan fingerprint density at radius 2 is 1.50 bits per heavy atom. The zero-order chi connectivity index (χ0) is 23.7. The molecule has 1 saturated heterocycles. The van der Waals surface area contributed by atoms with Gasteiger partial charge in [0.05, 0.1) is 17.6 Å². The van der Waals surface area contributed by atoms with Crippen molar-refractivity contribution in [2.75, 3.05) is 0 Å². The lowest BCUT2D eigenvalue weighted by Crippen LogP contribution is -2.46. The number of amides is 2. The summed E-state index contributed by atoms with van der Waals surface area (Å²) < 4.78 is 38.7. The van der Waals surface area contributed by atoms with Gasteiger partial charge in [0.25, 0.3) is 0 Å². The topological polar surface area (TPSA) is 90.6 Å². The van der Waals surface area contributed by atoms with E-state index in [0.717, 1.165) is 29.2 Å². The number of halogens is 2. The highest BCUT2D eigenvalue weighted by Gasteiger charge is 2.51. The minimum Gasteiger partial charge on any atom is -0.399 e. The van der Waals surface area contributed by atoms with Gasteiger partial charge in [-0.3, -0.25) is 9.59 Å². The first-order valence-corrected chi connectivity index (χ1v) is 10.3. The number of benzene rings is 2. The molecule has 0 radical (unpaired) electrons. The Kier molecular flexibility index (Phi) is 6.71. The van der Waals surface area contributed by atoms with Gasteiger partial charge in [0.15, 0.2) is 0 Å². The molecule has 0 aliphatic carbocycles. The van der Waals surface area contributed by atoms with Crippen LogP contribution < -0.4 is 16.5 Å². The van der Waals surface area contributed by atoms with Crippen molar-refractivity contribution in [3.8, 4) is 0 Å². The molecule has 0 aromatic heterocycles. The monoisotopic (exact) mass is 444 g/mol. The first-order chi connectivity index (χ1) is 14.9. The second kappa shape index (κ2) is 9.00. The van der Waals surface area contributed by atoms with Crippen LogP contribution in [0.2, 0.25) is 0 Å². The Bertz CT molecular complexity index is 975. The number of hydrogen-bond donors (Lipinski definition) is 2. The van der Waals surface area contributed by atoms with E-state index in [2.05, 4.69) is 5.32 Å². The molecule has 1 atom stereocenters. The van der Waals surface area contributed by atoms with Crippen molar-refractivity contribution in [2.45, 2.75) is 57.8 Å². The average Bonchev–Trinajstić information content (AvgIpc) is 2.88. The summed E-state index contributed by atoms with van der Waals surface area (Å²) in [5, 5.41) is 2.54. The quantitative estimate of drug-likeness (QED) is 0.640. The van der Waals surface area contributed by atoms with Gasteiger partial charge in [-0.25, -0.2) is 8.78 Å². The van der Waals surface area contributed by atoms with Crippen molar-refractivity contribution >= 4 is 24.4 Å². The zero-order valence-corrected chi connectivity index (χ0v) is 18.6. The maximum Gasteiger partial charge on any atom is 0.494 e. The van der Waals surface area contributed by atoms with E-state index >= 15 is 0 Å². The normalized spacial score (nSPS) is 17.8. The van der Waals surface area contributed by atoms with E-state index in [4.69, 9.17) is 15.0 Å². The third-order valence-electron chi connectivity index (χ3n) is 5.91. The van der Waals surface area contributed by atoms with Crippen molar-refractivity contribution in [1.29, 1.82) is 0 Å². The Labute approximate surface area is 186 Å². The largest absolute Gasteiger partial charge is 0.494 e. The van der Waals surface area contributed by atoms with Crippen LogP contribution in [0.1, 0.15) is 38.8 Å². The fourth-order valence-corrected chi connectivity index (χ4v) is 3.39. The van der Waals surface area contributed by atoms with E-state index in [9.17, 15) is 18.4 Å². The van der Waals surface area contributed by atoms with Crippen LogP contribution in [0.4, 0.5) is 8.78 Å². The minimum atomic E-state index is -0.969. The Morgan fingerprint density at radius 3 is 2.00 bits per heavy atom. The first-order valence-electron chi connectivity index (χ1n) is 10.3. The molecule has 2 amide bonds. The maximum absolute atomic E-state index is 13.3. The molecular formula is C23H27BF2N2O4. The van der Waals surface area contributed by atoms with Gasteiger partial charge < -0.3 is 20.4 Å². The lowest BCUT2D eigenvalue weighted by atomic mass is 9.78. The molecule has 1 heterocycles. The summed E-state index contributed by atoms with van der Waals surface area (Å²) in [5.74, 6) is -2.82. The Morgan fingerprint density at radius 1 is 0.969 bits per heavy atom. The van der Waals surface area contributed by atoms with Gasteiger partial charge in [0.1, 0.15) is 17.7 Å². The first kappa shape index (κ1) is 23.9. The summed E-state index contributed by atoms with van der Waals surface area (Å²) in [6, 6.07) is 9.19. The molecule has 2 aromatic carbocycles. The molecule has 0 bridgehead atoms. The standard InChI is InChI=1S/C23H27BF2N2O4/c1-22(2)23(3,4)32-24(31-22)16-7-5-14(6-8-16)11-19(21(27)30)28-20(29)12-15-9-17(25)13-18(26)10-15/h5-10,13,19H,11-12H2,1-4H3,(H2,27,30)(H,28,29)/t19-/m0/s1. The second-order valence-electron chi connectivity index (χ2n) is 9.01. The van der Waals surface area contributed by atoms with Gasteiger partial charge >= 0.3 is 7.12 Å². The molecule has 2 aromatic rings. The smallest absolute Gasteiger partial charge is 0.399 e. The van der Waals surface area contributed by atoms with E-state index < -0.39 is 47.8 Å². The molecule has 9 heteroatoms. The highest BCUT2D eigenvalue weighted by molar-refractivity contribution is 6.62. The average molecular weight is 444 g/mol. The predicted octanol–water partition coefficient (Wildman–Crippen LogP) is 2.02. The molecule has 3 rings (SSSR count). The molecule has 0 saturated carbocycles. The summed E-state index contributed by atoms with van der Waals surface area (Å²) in [7, 11) is -0.507.